The van der Waals surface area contributed by atoms with Crippen molar-refractivity contribution in [2.45, 2.75) is 110 Å². The lowest BCUT2D eigenvalue weighted by atomic mass is 9.91. The van der Waals surface area contributed by atoms with Crippen molar-refractivity contribution in [2.75, 3.05) is 0 Å². The van der Waals surface area contributed by atoms with E-state index in [1.165, 1.54) is 57.8 Å². The van der Waals surface area contributed by atoms with Crippen LogP contribution in [0.1, 0.15) is 110 Å². The van der Waals surface area contributed by atoms with Crippen molar-refractivity contribution in [2.24, 2.45) is 5.92 Å². The molecule has 130 valence electrons. The lowest BCUT2D eigenvalue weighted by molar-refractivity contribution is -0.125. The molecule has 2 heteroatoms. The number of unbranched alkanes of at least 4 members (excludes halogenated alkanes) is 10. The maximum atomic E-state index is 12.2. The van der Waals surface area contributed by atoms with Crippen LogP contribution < -0.4 is 0 Å². The fourth-order valence-electron chi connectivity index (χ4n) is 2.98. The summed E-state index contributed by atoms with van der Waals surface area (Å²) in [4.78, 5) is 23.0. The molecular weight excluding hydrogens is 272 g/mol. The van der Waals surface area contributed by atoms with Gasteiger partial charge in [0.2, 0.25) is 0 Å². The van der Waals surface area contributed by atoms with Crippen LogP contribution in [-0.2, 0) is 9.59 Å². The molecule has 0 heterocycles. The maximum absolute atomic E-state index is 12.2. The molecule has 0 saturated heterocycles. The first kappa shape index (κ1) is 21.3. The van der Waals surface area contributed by atoms with E-state index in [9.17, 15) is 9.59 Å². The van der Waals surface area contributed by atoms with E-state index in [0.29, 0.717) is 18.6 Å². The van der Waals surface area contributed by atoms with E-state index in [4.69, 9.17) is 0 Å². The Hall–Kier alpha value is -0.660. The minimum absolute atomic E-state index is 0.000632. The molecule has 0 bridgehead atoms. The van der Waals surface area contributed by atoms with Crippen LogP contribution in [0.2, 0.25) is 0 Å². The number of ketones is 1. The number of hydrogen-bond acceptors (Lipinski definition) is 2. The van der Waals surface area contributed by atoms with Crippen molar-refractivity contribution in [1.82, 2.24) is 0 Å². The van der Waals surface area contributed by atoms with Crippen molar-refractivity contribution >= 4 is 12.1 Å². The summed E-state index contributed by atoms with van der Waals surface area (Å²) in [6.07, 6.45) is 17.7. The molecule has 1 atom stereocenters. The Labute approximate surface area is 138 Å². The molecule has 2 nitrogen and oxygen atoms in total. The normalized spacial score (nSPS) is 12.3. The summed E-state index contributed by atoms with van der Waals surface area (Å²) in [6, 6.07) is 0. The number of carbonyl (C=O) groups excluding carboxylic acids is 2. The fraction of sp³-hybridized carbons (Fsp3) is 0.900. The second-order valence-electron chi connectivity index (χ2n) is 6.64. The summed E-state index contributed by atoms with van der Waals surface area (Å²) in [7, 11) is 0. The van der Waals surface area contributed by atoms with Gasteiger partial charge >= 0.3 is 0 Å². The van der Waals surface area contributed by atoms with Crippen molar-refractivity contribution < 1.29 is 9.59 Å². The molecule has 0 amide bonds. The van der Waals surface area contributed by atoms with Gasteiger partial charge in [0, 0.05) is 18.8 Å². The lowest BCUT2D eigenvalue weighted by Gasteiger charge is -2.13. The molecule has 0 radical (unpaired) electrons. The smallest absolute Gasteiger partial charge is 0.136 e. The predicted molar refractivity (Wildman–Crippen MR) is 95.2 cm³/mol. The second kappa shape index (κ2) is 16.7. The van der Waals surface area contributed by atoms with Crippen LogP contribution in [0.3, 0.4) is 0 Å². The summed E-state index contributed by atoms with van der Waals surface area (Å²) in [5.41, 5.74) is 0. The van der Waals surface area contributed by atoms with E-state index in [-0.39, 0.29) is 5.92 Å². The zero-order valence-corrected chi connectivity index (χ0v) is 15.1. The summed E-state index contributed by atoms with van der Waals surface area (Å²) >= 11 is 0. The first-order valence-electron chi connectivity index (χ1n) is 9.72. The zero-order chi connectivity index (χ0) is 16.5. The highest BCUT2D eigenvalue weighted by Crippen LogP contribution is 2.18. The van der Waals surface area contributed by atoms with Crippen LogP contribution in [0, 0.1) is 5.92 Å². The maximum Gasteiger partial charge on any atom is 0.136 e. The van der Waals surface area contributed by atoms with E-state index in [1.807, 2.05) is 0 Å². The second-order valence-corrected chi connectivity index (χ2v) is 6.64. The molecule has 0 rings (SSSR count). The molecule has 0 aromatic rings. The number of hydrogen-bond donors (Lipinski definition) is 0. The average Bonchev–Trinajstić information content (AvgIpc) is 2.52. The summed E-state index contributed by atoms with van der Waals surface area (Å²) in [5, 5.41) is 0. The van der Waals surface area contributed by atoms with Crippen LogP contribution in [-0.4, -0.2) is 12.1 Å². The van der Waals surface area contributed by atoms with Gasteiger partial charge in [-0.2, -0.15) is 0 Å². The van der Waals surface area contributed by atoms with Gasteiger partial charge in [0.25, 0.3) is 0 Å². The molecule has 0 fully saturated rings. The standard InChI is InChI=1S/C20H38O2/c1-3-5-7-9-11-13-15-19(17-18-21)20(22)16-14-12-10-8-6-4-2/h18-19H,3-17H2,1-2H3. The van der Waals surface area contributed by atoms with Crippen LogP contribution in [0.4, 0.5) is 0 Å². The topological polar surface area (TPSA) is 34.1 Å². The number of rotatable bonds is 17. The first-order chi connectivity index (χ1) is 10.8. The Kier molecular flexibility index (Phi) is 16.2. The predicted octanol–water partition coefficient (Wildman–Crippen LogP) is 6.26. The molecule has 0 aliphatic rings. The van der Waals surface area contributed by atoms with E-state index >= 15 is 0 Å². The third kappa shape index (κ3) is 13.0. The third-order valence-electron chi connectivity index (χ3n) is 4.52. The highest BCUT2D eigenvalue weighted by Gasteiger charge is 2.16. The van der Waals surface area contributed by atoms with Crippen LogP contribution >= 0.6 is 0 Å². The number of aldehydes is 1. The molecule has 0 aliphatic carbocycles. The van der Waals surface area contributed by atoms with Crippen LogP contribution in [0.5, 0.6) is 0 Å². The zero-order valence-electron chi connectivity index (χ0n) is 15.1. The monoisotopic (exact) mass is 310 g/mol. The molecular formula is C20H38O2. The van der Waals surface area contributed by atoms with Crippen molar-refractivity contribution in [3.63, 3.8) is 0 Å². The van der Waals surface area contributed by atoms with Gasteiger partial charge < -0.3 is 4.79 Å². The van der Waals surface area contributed by atoms with E-state index in [1.54, 1.807) is 0 Å². The minimum atomic E-state index is -0.000632. The molecule has 0 N–H and O–H groups in total. The van der Waals surface area contributed by atoms with Gasteiger partial charge in [0.1, 0.15) is 12.1 Å². The van der Waals surface area contributed by atoms with Crippen LogP contribution in [0.25, 0.3) is 0 Å². The third-order valence-corrected chi connectivity index (χ3v) is 4.52. The Balaban J connectivity index is 3.74. The van der Waals surface area contributed by atoms with Gasteiger partial charge in [0.15, 0.2) is 0 Å². The van der Waals surface area contributed by atoms with E-state index in [2.05, 4.69) is 13.8 Å². The minimum Gasteiger partial charge on any atom is -0.303 e. The Morgan fingerprint density at radius 1 is 0.773 bits per heavy atom. The van der Waals surface area contributed by atoms with Gasteiger partial charge in [0.05, 0.1) is 0 Å². The van der Waals surface area contributed by atoms with E-state index in [0.717, 1.165) is 32.0 Å². The summed E-state index contributed by atoms with van der Waals surface area (Å²) in [5.74, 6) is 0.329. The van der Waals surface area contributed by atoms with Gasteiger partial charge in [-0.15, -0.1) is 0 Å². The SMILES string of the molecule is CCCCCCCCC(=O)C(CC=O)CCCCCCCC. The molecule has 0 aliphatic heterocycles. The summed E-state index contributed by atoms with van der Waals surface area (Å²) in [6.45, 7) is 4.44. The molecule has 0 saturated carbocycles. The fourth-order valence-corrected chi connectivity index (χ4v) is 2.98. The molecule has 0 aromatic carbocycles. The Morgan fingerprint density at radius 3 is 1.82 bits per heavy atom. The Bertz CT molecular complexity index is 260. The van der Waals surface area contributed by atoms with Crippen molar-refractivity contribution in [1.29, 1.82) is 0 Å². The molecule has 0 aromatic heterocycles. The highest BCUT2D eigenvalue weighted by atomic mass is 16.1. The molecule has 1 unspecified atom stereocenters. The molecule has 0 spiro atoms. The quantitative estimate of drug-likeness (QED) is 0.234. The number of carbonyl (C=O) groups is 2. The van der Waals surface area contributed by atoms with E-state index < -0.39 is 0 Å². The van der Waals surface area contributed by atoms with Crippen molar-refractivity contribution in [3.8, 4) is 0 Å². The average molecular weight is 311 g/mol. The lowest BCUT2D eigenvalue weighted by Crippen LogP contribution is -2.15. The first-order valence-corrected chi connectivity index (χ1v) is 9.72. The number of Topliss-reactive ketones (excluding diaryl/α,β-unsaturated/α-hetero) is 1. The largest absolute Gasteiger partial charge is 0.303 e. The Morgan fingerprint density at radius 2 is 1.27 bits per heavy atom. The van der Waals surface area contributed by atoms with Gasteiger partial charge in [-0.1, -0.05) is 84.5 Å². The van der Waals surface area contributed by atoms with Crippen molar-refractivity contribution in [3.05, 3.63) is 0 Å². The van der Waals surface area contributed by atoms with Gasteiger partial charge in [-0.05, 0) is 12.8 Å². The highest BCUT2D eigenvalue weighted by molar-refractivity contribution is 5.82. The van der Waals surface area contributed by atoms with Gasteiger partial charge in [-0.25, -0.2) is 0 Å². The van der Waals surface area contributed by atoms with Crippen LogP contribution in [0.15, 0.2) is 0 Å². The summed E-state index contributed by atoms with van der Waals surface area (Å²) < 4.78 is 0. The molecule has 22 heavy (non-hydrogen) atoms. The van der Waals surface area contributed by atoms with Gasteiger partial charge in [-0.3, -0.25) is 4.79 Å².